The minimum atomic E-state index is -4.71. The molecule has 2 aromatic carbocycles. The van der Waals surface area contributed by atoms with Crippen LogP contribution < -0.4 is 15.4 Å². The quantitative estimate of drug-likeness (QED) is 0.763. The first kappa shape index (κ1) is 20.6. The second-order valence-electron chi connectivity index (χ2n) is 6.29. The number of benzene rings is 2. The van der Waals surface area contributed by atoms with Crippen LogP contribution in [0.25, 0.3) is 0 Å². The van der Waals surface area contributed by atoms with Crippen LogP contribution in [0, 0.1) is 6.92 Å². The minimum absolute atomic E-state index is 0.153. The van der Waals surface area contributed by atoms with Gasteiger partial charge in [-0.25, -0.2) is 0 Å². The number of rotatable bonds is 7. The molecule has 8 heteroatoms. The third-order valence-electron chi connectivity index (χ3n) is 3.70. The molecule has 1 amide bonds. The Morgan fingerprint density at radius 1 is 1.11 bits per heavy atom. The number of carbonyl (C=O) groups is 1. The van der Waals surface area contributed by atoms with Gasteiger partial charge >= 0.3 is 6.36 Å². The van der Waals surface area contributed by atoms with E-state index in [1.165, 1.54) is 24.3 Å². The van der Waals surface area contributed by atoms with Gasteiger partial charge in [-0.2, -0.15) is 0 Å². The van der Waals surface area contributed by atoms with Gasteiger partial charge in [0.15, 0.2) is 0 Å². The average molecular weight is 381 g/mol. The van der Waals surface area contributed by atoms with Crippen molar-refractivity contribution in [2.24, 2.45) is 0 Å². The number of carbonyl (C=O) groups excluding carboxylic acids is 1. The Kier molecular flexibility index (Phi) is 6.68. The van der Waals surface area contributed by atoms with E-state index in [0.29, 0.717) is 17.8 Å². The van der Waals surface area contributed by atoms with Gasteiger partial charge in [-0.1, -0.05) is 0 Å². The molecule has 0 aliphatic rings. The molecule has 0 saturated heterocycles. The lowest BCUT2D eigenvalue weighted by Gasteiger charge is -2.13. The van der Waals surface area contributed by atoms with Crippen molar-refractivity contribution in [2.45, 2.75) is 13.3 Å². The Morgan fingerprint density at radius 3 is 2.33 bits per heavy atom. The number of aryl methyl sites for hydroxylation is 1. The Bertz CT molecular complexity index is 775. The summed E-state index contributed by atoms with van der Waals surface area (Å²) in [6, 6.07) is 10.7. The van der Waals surface area contributed by atoms with E-state index in [4.69, 9.17) is 0 Å². The van der Waals surface area contributed by atoms with E-state index < -0.39 is 6.36 Å². The molecular weight excluding hydrogens is 359 g/mol. The fourth-order valence-corrected chi connectivity index (χ4v) is 2.34. The zero-order chi connectivity index (χ0) is 20.0. The third-order valence-corrected chi connectivity index (χ3v) is 3.70. The highest BCUT2D eigenvalue weighted by atomic mass is 19.4. The summed E-state index contributed by atoms with van der Waals surface area (Å²) in [5.41, 5.74) is 2.75. The van der Waals surface area contributed by atoms with Gasteiger partial charge in [0.1, 0.15) is 5.75 Å². The van der Waals surface area contributed by atoms with Gasteiger partial charge in [0.05, 0.1) is 0 Å². The summed E-state index contributed by atoms with van der Waals surface area (Å²) < 4.78 is 40.4. The largest absolute Gasteiger partial charge is 0.573 e. The molecule has 0 bridgehead atoms. The van der Waals surface area contributed by atoms with E-state index in [1.54, 1.807) is 18.2 Å². The van der Waals surface area contributed by atoms with Crippen molar-refractivity contribution in [3.05, 3.63) is 53.6 Å². The van der Waals surface area contributed by atoms with E-state index in [2.05, 4.69) is 15.4 Å². The van der Waals surface area contributed by atoms with Crippen molar-refractivity contribution in [2.75, 3.05) is 32.5 Å². The number of hydrogen-bond acceptors (Lipinski definition) is 4. The number of nitrogens with one attached hydrogen (secondary N) is 2. The molecular formula is C19H22F3N3O2. The van der Waals surface area contributed by atoms with E-state index >= 15 is 0 Å². The van der Waals surface area contributed by atoms with Crippen LogP contribution in [0.15, 0.2) is 42.5 Å². The normalized spacial score (nSPS) is 11.4. The molecule has 0 spiro atoms. The first-order valence-corrected chi connectivity index (χ1v) is 8.30. The molecule has 146 valence electrons. The smallest absolute Gasteiger partial charge is 0.406 e. The van der Waals surface area contributed by atoms with Gasteiger partial charge in [0, 0.05) is 30.0 Å². The molecule has 2 rings (SSSR count). The fourth-order valence-electron chi connectivity index (χ4n) is 2.34. The highest BCUT2D eigenvalue weighted by Gasteiger charge is 2.30. The lowest BCUT2D eigenvalue weighted by atomic mass is 10.1. The number of likely N-dealkylation sites (N-methyl/N-ethyl adjacent to an activating group) is 1. The minimum Gasteiger partial charge on any atom is -0.406 e. The van der Waals surface area contributed by atoms with Crippen LogP contribution >= 0.6 is 0 Å². The molecule has 0 heterocycles. The Hall–Kier alpha value is -2.74. The highest BCUT2D eigenvalue weighted by molar-refractivity contribution is 5.95. The van der Waals surface area contributed by atoms with E-state index in [9.17, 15) is 18.0 Å². The lowest BCUT2D eigenvalue weighted by molar-refractivity contribution is -0.274. The Labute approximate surface area is 156 Å². The number of nitrogens with zero attached hydrogens (tertiary/aromatic N) is 1. The fraction of sp³-hybridized carbons (Fsp3) is 0.316. The van der Waals surface area contributed by atoms with Gasteiger partial charge in [0.2, 0.25) is 0 Å². The van der Waals surface area contributed by atoms with Crippen LogP contribution in [0.4, 0.5) is 24.5 Å². The number of amides is 1. The van der Waals surface area contributed by atoms with E-state index in [0.717, 1.165) is 17.8 Å². The summed E-state index contributed by atoms with van der Waals surface area (Å²) in [6.45, 7) is 3.15. The summed E-state index contributed by atoms with van der Waals surface area (Å²) in [5, 5.41) is 5.96. The van der Waals surface area contributed by atoms with Crippen molar-refractivity contribution in [3.8, 4) is 5.75 Å². The average Bonchev–Trinajstić information content (AvgIpc) is 2.56. The predicted molar refractivity (Wildman–Crippen MR) is 98.5 cm³/mol. The number of hydrogen-bond donors (Lipinski definition) is 2. The number of alkyl halides is 3. The first-order valence-electron chi connectivity index (χ1n) is 8.30. The van der Waals surface area contributed by atoms with Crippen LogP contribution in [0.5, 0.6) is 5.75 Å². The summed E-state index contributed by atoms with van der Waals surface area (Å²) >= 11 is 0. The molecule has 27 heavy (non-hydrogen) atoms. The van der Waals surface area contributed by atoms with Crippen LogP contribution in [0.2, 0.25) is 0 Å². The molecule has 0 aliphatic carbocycles. The van der Waals surface area contributed by atoms with E-state index in [1.807, 2.05) is 25.9 Å². The molecule has 0 aromatic heterocycles. The van der Waals surface area contributed by atoms with Crippen LogP contribution in [-0.2, 0) is 0 Å². The van der Waals surface area contributed by atoms with Gasteiger partial charge in [0.25, 0.3) is 5.91 Å². The molecule has 0 aliphatic heterocycles. The second kappa shape index (κ2) is 8.77. The molecule has 0 radical (unpaired) electrons. The van der Waals surface area contributed by atoms with Crippen molar-refractivity contribution in [3.63, 3.8) is 0 Å². The number of anilines is 2. The van der Waals surface area contributed by atoms with E-state index in [-0.39, 0.29) is 11.7 Å². The van der Waals surface area contributed by atoms with Crippen LogP contribution in [-0.4, -0.2) is 44.4 Å². The molecule has 0 unspecified atom stereocenters. The summed E-state index contributed by atoms with van der Waals surface area (Å²) in [4.78, 5) is 14.1. The summed E-state index contributed by atoms with van der Waals surface area (Å²) in [7, 11) is 3.86. The van der Waals surface area contributed by atoms with Crippen LogP contribution in [0.3, 0.4) is 0 Å². The zero-order valence-electron chi connectivity index (χ0n) is 15.4. The number of halogens is 3. The molecule has 0 atom stereocenters. The number of ether oxygens (including phenoxy) is 1. The predicted octanol–water partition coefficient (Wildman–Crippen LogP) is 3.93. The van der Waals surface area contributed by atoms with Gasteiger partial charge in [-0.15, -0.1) is 13.2 Å². The third kappa shape index (κ3) is 6.82. The molecule has 2 N–H and O–H groups in total. The van der Waals surface area contributed by atoms with Gasteiger partial charge in [-0.3, -0.25) is 4.79 Å². The molecule has 0 saturated carbocycles. The van der Waals surface area contributed by atoms with Gasteiger partial charge < -0.3 is 20.3 Å². The standard InChI is InChI=1S/C19H22F3N3O2/c1-13-12-14(18(26)23-10-11-25(2)3)4-9-17(13)24-15-5-7-16(8-6-15)27-19(20,21)22/h4-9,12,24H,10-11H2,1-3H3,(H,23,26). The molecule has 0 fully saturated rings. The second-order valence-corrected chi connectivity index (χ2v) is 6.29. The van der Waals surface area contributed by atoms with Crippen molar-refractivity contribution in [1.29, 1.82) is 0 Å². The zero-order valence-corrected chi connectivity index (χ0v) is 15.4. The topological polar surface area (TPSA) is 53.6 Å². The maximum atomic E-state index is 12.2. The Morgan fingerprint density at radius 2 is 1.78 bits per heavy atom. The highest BCUT2D eigenvalue weighted by Crippen LogP contribution is 2.26. The van der Waals surface area contributed by atoms with Crippen molar-refractivity contribution < 1.29 is 22.7 Å². The van der Waals surface area contributed by atoms with Crippen LogP contribution in [0.1, 0.15) is 15.9 Å². The summed E-state index contributed by atoms with van der Waals surface area (Å²) in [6.07, 6.45) is -4.71. The van der Waals surface area contributed by atoms with Crippen molar-refractivity contribution in [1.82, 2.24) is 10.2 Å². The summed E-state index contributed by atoms with van der Waals surface area (Å²) in [5.74, 6) is -0.435. The first-order chi connectivity index (χ1) is 12.6. The molecule has 2 aromatic rings. The van der Waals surface area contributed by atoms with Crippen molar-refractivity contribution >= 4 is 17.3 Å². The monoisotopic (exact) mass is 381 g/mol. The maximum Gasteiger partial charge on any atom is 0.573 e. The van der Waals surface area contributed by atoms with Gasteiger partial charge in [-0.05, 0) is 69.0 Å². The molecule has 5 nitrogen and oxygen atoms in total. The lowest BCUT2D eigenvalue weighted by Crippen LogP contribution is -2.31. The maximum absolute atomic E-state index is 12.2. The Balaban J connectivity index is 2.00. The SMILES string of the molecule is Cc1cc(C(=O)NCCN(C)C)ccc1Nc1ccc(OC(F)(F)F)cc1.